The first-order chi connectivity index (χ1) is 14.3. The summed E-state index contributed by atoms with van der Waals surface area (Å²) < 4.78 is 1.88. The van der Waals surface area contributed by atoms with Crippen molar-refractivity contribution in [1.82, 2.24) is 14.8 Å². The van der Waals surface area contributed by atoms with Gasteiger partial charge in [-0.15, -0.1) is 10.2 Å². The van der Waals surface area contributed by atoms with Gasteiger partial charge in [0, 0.05) is 12.6 Å². The molecule has 1 N–H and O–H groups in total. The largest absolute Gasteiger partial charge is 0.322 e. The number of nitrogens with one attached hydrogen (secondary N) is 1. The van der Waals surface area contributed by atoms with Crippen molar-refractivity contribution in [2.45, 2.75) is 36.7 Å². The Morgan fingerprint density at radius 3 is 2.47 bits per heavy atom. The molecule has 0 saturated heterocycles. The van der Waals surface area contributed by atoms with Crippen molar-refractivity contribution in [1.29, 1.82) is 0 Å². The number of hydrogen-bond acceptors (Lipinski definition) is 5. The van der Waals surface area contributed by atoms with E-state index in [9.17, 15) is 9.59 Å². The number of rotatable bonds is 4. The van der Waals surface area contributed by atoms with Crippen LogP contribution in [0.3, 0.4) is 0 Å². The van der Waals surface area contributed by atoms with Crippen LogP contribution < -0.4 is 10.2 Å². The van der Waals surface area contributed by atoms with Gasteiger partial charge in [0.05, 0.1) is 16.6 Å². The molecule has 1 atom stereocenters. The zero-order valence-electron chi connectivity index (χ0n) is 17.3. The van der Waals surface area contributed by atoms with Crippen molar-refractivity contribution in [2.24, 2.45) is 7.05 Å². The summed E-state index contributed by atoms with van der Waals surface area (Å²) >= 11 is 1.33. The molecule has 0 aliphatic carbocycles. The fourth-order valence-corrected chi connectivity index (χ4v) is 4.35. The SMILES string of the molecule is C[C@@H](Sc1nnc(-c2ccccc2)n1C)C(=O)N1c2ccccc2NC(=O)C1(C)C. The van der Waals surface area contributed by atoms with Gasteiger partial charge in [-0.25, -0.2) is 0 Å². The Hall–Kier alpha value is -3.13. The number of anilines is 2. The monoisotopic (exact) mass is 421 g/mol. The van der Waals surface area contributed by atoms with Crippen LogP contribution in [0.4, 0.5) is 11.4 Å². The van der Waals surface area contributed by atoms with Crippen molar-refractivity contribution >= 4 is 35.0 Å². The Labute approximate surface area is 179 Å². The zero-order valence-corrected chi connectivity index (χ0v) is 18.1. The van der Waals surface area contributed by atoms with Crippen LogP contribution >= 0.6 is 11.8 Å². The van der Waals surface area contributed by atoms with E-state index in [1.807, 2.05) is 67.1 Å². The van der Waals surface area contributed by atoms with Crippen molar-refractivity contribution in [3.8, 4) is 11.4 Å². The van der Waals surface area contributed by atoms with Crippen molar-refractivity contribution in [2.75, 3.05) is 10.2 Å². The van der Waals surface area contributed by atoms with Crippen LogP contribution in [0.5, 0.6) is 0 Å². The predicted molar refractivity (Wildman–Crippen MR) is 118 cm³/mol. The third-order valence-electron chi connectivity index (χ3n) is 5.23. The molecule has 8 heteroatoms. The molecule has 1 aliphatic rings. The highest BCUT2D eigenvalue weighted by molar-refractivity contribution is 8.00. The quantitative estimate of drug-likeness (QED) is 0.650. The van der Waals surface area contributed by atoms with Gasteiger partial charge in [0.25, 0.3) is 0 Å². The van der Waals surface area contributed by atoms with Crippen molar-refractivity contribution in [3.05, 3.63) is 54.6 Å². The van der Waals surface area contributed by atoms with E-state index in [2.05, 4.69) is 15.5 Å². The summed E-state index contributed by atoms with van der Waals surface area (Å²) in [5.41, 5.74) is 1.29. The molecule has 1 aliphatic heterocycles. The van der Waals surface area contributed by atoms with Gasteiger partial charge in [-0.1, -0.05) is 54.2 Å². The molecule has 0 spiro atoms. The molecule has 154 valence electrons. The molecule has 4 rings (SSSR count). The molecule has 2 aromatic carbocycles. The van der Waals surface area contributed by atoms with E-state index in [-0.39, 0.29) is 11.8 Å². The summed E-state index contributed by atoms with van der Waals surface area (Å²) in [6, 6.07) is 17.1. The second-order valence-electron chi connectivity index (χ2n) is 7.70. The molecule has 3 aromatic rings. The molecule has 0 fully saturated rings. The summed E-state index contributed by atoms with van der Waals surface area (Å²) in [5, 5.41) is 11.6. The van der Waals surface area contributed by atoms with Crippen LogP contribution in [-0.4, -0.2) is 37.4 Å². The van der Waals surface area contributed by atoms with Crippen molar-refractivity contribution in [3.63, 3.8) is 0 Å². The Morgan fingerprint density at radius 2 is 1.73 bits per heavy atom. The van der Waals surface area contributed by atoms with E-state index in [4.69, 9.17) is 0 Å². The lowest BCUT2D eigenvalue weighted by Crippen LogP contribution is -2.60. The lowest BCUT2D eigenvalue weighted by atomic mass is 9.96. The second kappa shape index (κ2) is 7.60. The first kappa shape index (κ1) is 20.2. The van der Waals surface area contributed by atoms with Crippen LogP contribution in [-0.2, 0) is 16.6 Å². The maximum absolute atomic E-state index is 13.5. The van der Waals surface area contributed by atoms with Gasteiger partial charge in [-0.2, -0.15) is 0 Å². The highest BCUT2D eigenvalue weighted by Gasteiger charge is 2.44. The highest BCUT2D eigenvalue weighted by Crippen LogP contribution is 2.38. The lowest BCUT2D eigenvalue weighted by molar-refractivity contribution is -0.126. The third kappa shape index (κ3) is 3.37. The Bertz CT molecular complexity index is 1110. The Morgan fingerprint density at radius 1 is 1.07 bits per heavy atom. The molecule has 2 amide bonds. The van der Waals surface area contributed by atoms with Crippen LogP contribution in [0, 0.1) is 0 Å². The lowest BCUT2D eigenvalue weighted by Gasteiger charge is -2.43. The molecule has 0 unspecified atom stereocenters. The smallest absolute Gasteiger partial charge is 0.250 e. The molecule has 2 heterocycles. The number of nitrogens with zero attached hydrogens (tertiary/aromatic N) is 4. The average Bonchev–Trinajstić information content (AvgIpc) is 3.09. The number of carbonyl (C=O) groups excluding carboxylic acids is 2. The van der Waals surface area contributed by atoms with Gasteiger partial charge in [0.15, 0.2) is 11.0 Å². The molecule has 0 saturated carbocycles. The first-order valence-corrected chi connectivity index (χ1v) is 10.5. The van der Waals surface area contributed by atoms with Crippen LogP contribution in [0.2, 0.25) is 0 Å². The maximum atomic E-state index is 13.5. The second-order valence-corrected chi connectivity index (χ2v) is 9.00. The molecule has 30 heavy (non-hydrogen) atoms. The van der Waals surface area contributed by atoms with Gasteiger partial charge >= 0.3 is 0 Å². The minimum Gasteiger partial charge on any atom is -0.322 e. The van der Waals surface area contributed by atoms with Crippen LogP contribution in [0.1, 0.15) is 20.8 Å². The maximum Gasteiger partial charge on any atom is 0.250 e. The van der Waals surface area contributed by atoms with E-state index < -0.39 is 10.8 Å². The van der Waals surface area contributed by atoms with Crippen molar-refractivity contribution < 1.29 is 9.59 Å². The Balaban J connectivity index is 1.62. The highest BCUT2D eigenvalue weighted by atomic mass is 32.2. The first-order valence-electron chi connectivity index (χ1n) is 9.66. The van der Waals surface area contributed by atoms with Gasteiger partial charge < -0.3 is 9.88 Å². The molecule has 1 aromatic heterocycles. The summed E-state index contributed by atoms with van der Waals surface area (Å²) in [5.74, 6) is 0.370. The van der Waals surface area contributed by atoms with E-state index in [0.29, 0.717) is 16.5 Å². The van der Waals surface area contributed by atoms with E-state index in [1.54, 1.807) is 24.8 Å². The number of aromatic nitrogens is 3. The fraction of sp³-hybridized carbons (Fsp3) is 0.273. The van der Waals surface area contributed by atoms with Crippen LogP contribution in [0.15, 0.2) is 59.8 Å². The van der Waals surface area contributed by atoms with Crippen LogP contribution in [0.25, 0.3) is 11.4 Å². The fourth-order valence-electron chi connectivity index (χ4n) is 3.49. The summed E-state index contributed by atoms with van der Waals surface area (Å²) in [6.45, 7) is 5.34. The normalized spacial score (nSPS) is 16.0. The molecular weight excluding hydrogens is 398 g/mol. The Kier molecular flexibility index (Phi) is 5.11. The number of thioether (sulfide) groups is 1. The van der Waals surface area contributed by atoms with Gasteiger partial charge in [0.2, 0.25) is 11.8 Å². The third-order valence-corrected chi connectivity index (χ3v) is 6.35. The van der Waals surface area contributed by atoms with Gasteiger partial charge in [0.1, 0.15) is 5.54 Å². The van der Waals surface area contributed by atoms with E-state index >= 15 is 0 Å². The zero-order chi connectivity index (χ0) is 21.5. The number of para-hydroxylation sites is 2. The standard InChI is InChI=1S/C22H23N5O2S/c1-14(30-21-25-24-18(26(21)4)15-10-6-5-7-11-15)19(28)27-17-13-9-8-12-16(17)23-20(29)22(27,2)3/h5-14H,1-4H3,(H,23,29)/t14-/m1/s1. The van der Waals surface area contributed by atoms with E-state index in [0.717, 1.165) is 11.4 Å². The van der Waals surface area contributed by atoms with Gasteiger partial charge in [-0.3, -0.25) is 14.5 Å². The molecule has 7 nitrogen and oxygen atoms in total. The van der Waals surface area contributed by atoms with E-state index in [1.165, 1.54) is 11.8 Å². The summed E-state index contributed by atoms with van der Waals surface area (Å²) in [4.78, 5) is 27.7. The minimum absolute atomic E-state index is 0.156. The van der Waals surface area contributed by atoms with Gasteiger partial charge in [-0.05, 0) is 32.9 Å². The number of fused-ring (bicyclic) bond motifs is 1. The number of carbonyl (C=O) groups is 2. The molecule has 0 radical (unpaired) electrons. The topological polar surface area (TPSA) is 80.1 Å². The number of amides is 2. The number of hydrogen-bond donors (Lipinski definition) is 1. The minimum atomic E-state index is -1.00. The predicted octanol–water partition coefficient (Wildman–Crippen LogP) is 3.73. The molecule has 0 bridgehead atoms. The number of benzene rings is 2. The summed E-state index contributed by atoms with van der Waals surface area (Å²) in [7, 11) is 1.88. The summed E-state index contributed by atoms with van der Waals surface area (Å²) in [6.07, 6.45) is 0. The average molecular weight is 422 g/mol. The molecular formula is C22H23N5O2S.